The zero-order valence-corrected chi connectivity index (χ0v) is 52.5. The van der Waals surface area contributed by atoms with E-state index >= 15 is 0 Å². The van der Waals surface area contributed by atoms with Gasteiger partial charge < -0.3 is 49.8 Å². The number of aliphatic hydroxyl groups excluding tert-OH is 2. The molecular weight excluding hydrogens is 1130 g/mol. The number of carbonyl (C=O) groups is 4. The van der Waals surface area contributed by atoms with Gasteiger partial charge in [0, 0.05) is 106 Å². The number of aryl methyl sites for hydroxylation is 2. The van der Waals surface area contributed by atoms with Gasteiger partial charge in [0.05, 0.1) is 52.6 Å². The van der Waals surface area contributed by atoms with Crippen molar-refractivity contribution in [3.8, 4) is 22.5 Å². The number of pyridine rings is 2. The second-order valence-electron chi connectivity index (χ2n) is 26.2. The molecule has 22 heteroatoms. The number of amidine groups is 1. The van der Waals surface area contributed by atoms with E-state index in [4.69, 9.17) is 25.3 Å². The zero-order valence-electron chi connectivity index (χ0n) is 52.5. The second-order valence-corrected chi connectivity index (χ2v) is 26.2. The van der Waals surface area contributed by atoms with E-state index in [0.29, 0.717) is 73.4 Å². The number of carbonyl (C=O) groups excluding carboxylic acids is 3. The lowest BCUT2D eigenvalue weighted by atomic mass is 9.88. The van der Waals surface area contributed by atoms with Crippen molar-refractivity contribution in [2.24, 2.45) is 19.1 Å². The Morgan fingerprint density at radius 3 is 1.58 bits per heavy atom. The fourth-order valence-electron chi connectivity index (χ4n) is 12.7. The first-order valence-electron chi connectivity index (χ1n) is 31.2. The minimum absolute atomic E-state index is 0.178. The molecule has 22 nitrogen and oxygen atoms in total. The minimum atomic E-state index is -0.956. The number of hydrogen-bond donors (Lipinski definition) is 4. The predicted octanol–water partition coefficient (Wildman–Crippen LogP) is 10.9. The van der Waals surface area contributed by atoms with Gasteiger partial charge >= 0.3 is 18.2 Å². The summed E-state index contributed by atoms with van der Waals surface area (Å²) in [5.74, 6) is 0.816. The normalized spacial score (nSPS) is 20.5. The van der Waals surface area contributed by atoms with Gasteiger partial charge in [0.1, 0.15) is 17.0 Å². The number of aromatic nitrogens is 8. The van der Waals surface area contributed by atoms with Crippen molar-refractivity contribution in [2.45, 2.75) is 172 Å². The molecule has 5 aromatic heterocycles. The van der Waals surface area contributed by atoms with Crippen LogP contribution >= 0.6 is 0 Å². The Morgan fingerprint density at radius 1 is 0.607 bits per heavy atom. The summed E-state index contributed by atoms with van der Waals surface area (Å²) in [4.78, 5) is 72.9. The van der Waals surface area contributed by atoms with Crippen LogP contribution in [-0.4, -0.2) is 150 Å². The molecule has 2 aromatic carbocycles. The number of aliphatic hydroxyl groups is 2. The largest absolute Gasteiger partial charge is 0.478 e. The number of amides is 3. The number of rotatable bonds is 8. The number of fused-ring (bicyclic) bond motifs is 2. The Labute approximate surface area is 519 Å². The van der Waals surface area contributed by atoms with Crippen molar-refractivity contribution in [3.05, 3.63) is 126 Å². The maximum atomic E-state index is 13.6. The molecule has 0 bridgehead atoms. The standard InChI is InChI=1S/C34H42N6O4.C23H34N4O3.C10H9N3O2/c1-34(2,3)44-33(43)39-15-12-22(13-16-39)23-5-10-30-25(17-23)19-31(40(30)27-6-8-28(41)9-7-27)37-32(42)24-11-14-35-29(18-24)26-20-36-38(4)21-26;1-23(2,3)30-22(29)26-12-10-15(11-13-26)16-4-9-20-19(14-16)25-21(24)27(20)17-5-7-18(28)8-6-17;1-13-6-8(5-12-13)9-4-7(10(14)15)2-3-11-9/h5,10-11,14,17-18,20-22,27-28,41H,6-9,12-13,15-16,19H2,1-4H3;4,9,14-15,17-18,28H,5-8,10-13H2,1-3H3,(H2,24,25);2-6H,1H3,(H,14,15). The van der Waals surface area contributed by atoms with E-state index in [9.17, 15) is 29.4 Å². The summed E-state index contributed by atoms with van der Waals surface area (Å²) >= 11 is 0. The SMILES string of the molecule is CC(C)(C)OC(=O)N1CCC(c2ccc3c(c2)nc(N)n3C2CCC(O)CC2)CC1.Cn1cc(-c2cc(C(=O)N=C3Cc4cc(C5CCN(C(=O)OC(C)(C)C)CC5)ccc4N3C3CCC(O)CC3)ccn2)cn1.Cn1cc(-c2cc(C(=O)O)ccn2)cn1. The number of aromatic carboxylic acids is 1. The molecule has 2 saturated carbocycles. The Balaban J connectivity index is 0.000000166. The number of nitrogens with two attached hydrogens (primary N) is 1. The van der Waals surface area contributed by atoms with Crippen molar-refractivity contribution in [1.82, 2.24) is 48.9 Å². The number of anilines is 2. The minimum Gasteiger partial charge on any atom is -0.478 e. The molecule has 0 radical (unpaired) electrons. The molecule has 12 rings (SSSR count). The number of imidazole rings is 1. The molecule has 5 aliphatic rings. The van der Waals surface area contributed by atoms with Crippen LogP contribution in [0.4, 0.5) is 21.2 Å². The van der Waals surface area contributed by atoms with Crippen LogP contribution in [-0.2, 0) is 30.0 Å². The smallest absolute Gasteiger partial charge is 0.410 e. The Morgan fingerprint density at radius 2 is 1.09 bits per heavy atom. The molecule has 0 unspecified atom stereocenters. The van der Waals surface area contributed by atoms with E-state index in [1.54, 1.807) is 53.3 Å². The fraction of sp³-hybridized carbons (Fsp3) is 0.493. The molecule has 0 atom stereocenters. The highest BCUT2D eigenvalue weighted by Gasteiger charge is 2.36. The first-order valence-corrected chi connectivity index (χ1v) is 31.2. The molecule has 89 heavy (non-hydrogen) atoms. The Hall–Kier alpha value is -8.50. The monoisotopic (exact) mass is 1220 g/mol. The number of likely N-dealkylation sites (tertiary alicyclic amines) is 2. The maximum absolute atomic E-state index is 13.6. The highest BCUT2D eigenvalue weighted by atomic mass is 16.6. The lowest BCUT2D eigenvalue weighted by Crippen LogP contribution is -2.41. The molecule has 3 amide bonds. The van der Waals surface area contributed by atoms with Crippen LogP contribution < -0.4 is 10.6 Å². The number of benzene rings is 2. The summed E-state index contributed by atoms with van der Waals surface area (Å²) < 4.78 is 16.6. The van der Waals surface area contributed by atoms with Crippen LogP contribution in [0.1, 0.15) is 174 Å². The quantitative estimate of drug-likeness (QED) is 0.110. The number of nitrogen functional groups attached to an aromatic ring is 1. The van der Waals surface area contributed by atoms with E-state index in [0.717, 1.165) is 111 Å². The maximum Gasteiger partial charge on any atom is 0.410 e. The van der Waals surface area contributed by atoms with Gasteiger partial charge in [-0.3, -0.25) is 24.1 Å². The van der Waals surface area contributed by atoms with E-state index in [1.165, 1.54) is 35.0 Å². The molecule has 8 heterocycles. The summed E-state index contributed by atoms with van der Waals surface area (Å²) in [6.45, 7) is 14.1. The number of hydrogen-bond acceptors (Lipinski definition) is 14. The number of carboxylic acids is 1. The van der Waals surface area contributed by atoms with Crippen molar-refractivity contribution < 1.29 is 44.0 Å². The van der Waals surface area contributed by atoms with Crippen LogP contribution in [0, 0.1) is 0 Å². The van der Waals surface area contributed by atoms with Gasteiger partial charge in [-0.05, 0) is 190 Å². The van der Waals surface area contributed by atoms with E-state index in [1.807, 2.05) is 64.6 Å². The third-order valence-corrected chi connectivity index (χ3v) is 17.3. The second kappa shape index (κ2) is 27.1. The van der Waals surface area contributed by atoms with Crippen LogP contribution in [0.25, 0.3) is 33.5 Å². The zero-order chi connectivity index (χ0) is 63.3. The van der Waals surface area contributed by atoms with Gasteiger partial charge in [-0.1, -0.05) is 18.2 Å². The molecular formula is C67H85N13O9. The Kier molecular flexibility index (Phi) is 19.3. The van der Waals surface area contributed by atoms with Crippen LogP contribution in [0.15, 0.2) is 103 Å². The first kappa shape index (κ1) is 63.5. The predicted molar refractivity (Wildman–Crippen MR) is 340 cm³/mol. The van der Waals surface area contributed by atoms with Crippen molar-refractivity contribution in [3.63, 3.8) is 0 Å². The number of carboxylic acid groups (broad SMARTS) is 1. The molecule has 0 spiro atoms. The highest BCUT2D eigenvalue weighted by Crippen LogP contribution is 2.41. The number of aliphatic imine (C=N–C) groups is 1. The van der Waals surface area contributed by atoms with Crippen LogP contribution in [0.2, 0.25) is 0 Å². The number of piperidine rings is 2. The average molecular weight is 1220 g/mol. The average Bonchev–Trinajstić information content (AvgIpc) is 1.86. The third-order valence-electron chi connectivity index (χ3n) is 17.3. The van der Waals surface area contributed by atoms with Crippen LogP contribution in [0.3, 0.4) is 0 Å². The molecule has 472 valence electrons. The topological polar surface area (TPSA) is 275 Å². The fourth-order valence-corrected chi connectivity index (χ4v) is 12.7. The van der Waals surface area contributed by atoms with E-state index < -0.39 is 17.2 Å². The van der Waals surface area contributed by atoms with E-state index in [-0.39, 0.29) is 41.9 Å². The summed E-state index contributed by atoms with van der Waals surface area (Å²) in [6, 6.07) is 20.1. The van der Waals surface area contributed by atoms with Gasteiger partial charge in [0.2, 0.25) is 5.95 Å². The number of nitrogens with zero attached hydrogens (tertiary/aromatic N) is 12. The molecule has 3 aliphatic heterocycles. The van der Waals surface area contributed by atoms with Crippen LogP contribution in [0.5, 0.6) is 0 Å². The van der Waals surface area contributed by atoms with Crippen molar-refractivity contribution in [1.29, 1.82) is 0 Å². The van der Waals surface area contributed by atoms with Gasteiger partial charge in [-0.2, -0.15) is 15.2 Å². The summed E-state index contributed by atoms with van der Waals surface area (Å²) in [7, 11) is 3.64. The number of ether oxygens (including phenoxy) is 2. The molecule has 7 aromatic rings. The summed E-state index contributed by atoms with van der Waals surface area (Å²) in [5.41, 5.74) is 15.8. The first-order chi connectivity index (χ1) is 42.4. The molecule has 5 N–H and O–H groups in total. The van der Waals surface area contributed by atoms with Gasteiger partial charge in [0.25, 0.3) is 5.91 Å². The Bertz CT molecular complexity index is 3680. The van der Waals surface area contributed by atoms with Crippen molar-refractivity contribution >= 4 is 52.6 Å². The molecule has 2 aliphatic carbocycles. The molecule has 4 fully saturated rings. The third kappa shape index (κ3) is 15.9. The van der Waals surface area contributed by atoms with Gasteiger partial charge in [-0.25, -0.2) is 19.4 Å². The van der Waals surface area contributed by atoms with Gasteiger partial charge in [-0.15, -0.1) is 0 Å². The summed E-state index contributed by atoms with van der Waals surface area (Å²) in [6.07, 6.45) is 20.1. The van der Waals surface area contributed by atoms with Gasteiger partial charge in [0.15, 0.2) is 0 Å². The van der Waals surface area contributed by atoms with Crippen molar-refractivity contribution in [2.75, 3.05) is 36.8 Å². The highest BCUT2D eigenvalue weighted by molar-refractivity contribution is 6.13. The molecule has 2 saturated heterocycles. The lowest BCUT2D eigenvalue weighted by Gasteiger charge is -2.35. The van der Waals surface area contributed by atoms with E-state index in [2.05, 4.69) is 71.0 Å². The summed E-state index contributed by atoms with van der Waals surface area (Å²) in [5, 5.41) is 37.0. The lowest BCUT2D eigenvalue weighted by molar-refractivity contribution is 0.0194.